The summed E-state index contributed by atoms with van der Waals surface area (Å²) in [5.74, 6) is 0.227. The number of imidazole rings is 1. The molecule has 0 spiro atoms. The second kappa shape index (κ2) is 6.89. The minimum absolute atomic E-state index is 0.0671. The highest BCUT2D eigenvalue weighted by molar-refractivity contribution is 7.89. The van der Waals surface area contributed by atoms with Crippen molar-refractivity contribution in [2.75, 3.05) is 6.54 Å². The molecular formula is C14H26N4O2S. The summed E-state index contributed by atoms with van der Waals surface area (Å²) in [7, 11) is -3.56. The third-order valence-electron chi connectivity index (χ3n) is 4.47. The average Bonchev–Trinajstić information content (AvgIpc) is 2.97. The Hall–Kier alpha value is -0.920. The Morgan fingerprint density at radius 2 is 2.19 bits per heavy atom. The molecule has 0 radical (unpaired) electrons. The third-order valence-corrected chi connectivity index (χ3v) is 5.85. The topological polar surface area (TPSA) is 90.0 Å². The van der Waals surface area contributed by atoms with E-state index in [0.717, 1.165) is 32.1 Å². The van der Waals surface area contributed by atoms with Gasteiger partial charge in [0.25, 0.3) is 10.0 Å². The van der Waals surface area contributed by atoms with E-state index < -0.39 is 10.0 Å². The predicted molar refractivity (Wildman–Crippen MR) is 82.4 cm³/mol. The Labute approximate surface area is 127 Å². The van der Waals surface area contributed by atoms with Crippen molar-refractivity contribution < 1.29 is 8.42 Å². The van der Waals surface area contributed by atoms with Crippen LogP contribution in [-0.2, 0) is 10.0 Å². The molecule has 21 heavy (non-hydrogen) atoms. The molecule has 0 aromatic carbocycles. The van der Waals surface area contributed by atoms with Crippen molar-refractivity contribution in [3.05, 3.63) is 12.5 Å². The van der Waals surface area contributed by atoms with E-state index in [-0.39, 0.29) is 23.0 Å². The fourth-order valence-corrected chi connectivity index (χ4v) is 4.09. The Balaban J connectivity index is 2.12. The van der Waals surface area contributed by atoms with Gasteiger partial charge in [0.1, 0.15) is 0 Å². The van der Waals surface area contributed by atoms with Crippen LogP contribution in [0.25, 0.3) is 0 Å². The molecule has 2 rings (SSSR count). The van der Waals surface area contributed by atoms with Crippen LogP contribution in [0.4, 0.5) is 0 Å². The van der Waals surface area contributed by atoms with Gasteiger partial charge in [-0.1, -0.05) is 19.8 Å². The molecule has 1 saturated carbocycles. The largest absolute Gasteiger partial charge is 0.333 e. The lowest BCUT2D eigenvalue weighted by molar-refractivity contribution is 0.296. The second-order valence-electron chi connectivity index (χ2n) is 5.92. The number of sulfonamides is 1. The van der Waals surface area contributed by atoms with Crippen molar-refractivity contribution in [2.45, 2.75) is 63.1 Å². The molecule has 0 saturated heterocycles. The monoisotopic (exact) mass is 314 g/mol. The van der Waals surface area contributed by atoms with Crippen molar-refractivity contribution >= 4 is 10.0 Å². The molecule has 3 atom stereocenters. The van der Waals surface area contributed by atoms with Crippen LogP contribution < -0.4 is 10.5 Å². The quantitative estimate of drug-likeness (QED) is 0.835. The highest BCUT2D eigenvalue weighted by Crippen LogP contribution is 2.25. The number of nitrogens with one attached hydrogen (secondary N) is 1. The number of rotatable bonds is 6. The molecule has 1 aromatic rings. The summed E-state index contributed by atoms with van der Waals surface area (Å²) in [6, 6.07) is 0.176. The van der Waals surface area contributed by atoms with Crippen LogP contribution in [0.5, 0.6) is 0 Å². The zero-order valence-electron chi connectivity index (χ0n) is 12.8. The SMILES string of the molecule is CC[C@H](C)n1cnc(S(=O)(=O)N[C@@H]2CCCC[C@@H]2CN)c1. The maximum absolute atomic E-state index is 12.5. The number of nitrogens with two attached hydrogens (primary N) is 1. The van der Waals surface area contributed by atoms with Gasteiger partial charge in [0.2, 0.25) is 0 Å². The molecule has 1 aliphatic carbocycles. The second-order valence-corrected chi connectivity index (χ2v) is 7.59. The van der Waals surface area contributed by atoms with E-state index in [0.29, 0.717) is 6.54 Å². The average molecular weight is 314 g/mol. The normalized spacial score (nSPS) is 24.9. The van der Waals surface area contributed by atoms with E-state index in [9.17, 15) is 8.42 Å². The molecule has 1 aliphatic rings. The van der Waals surface area contributed by atoms with Crippen LogP contribution in [0.2, 0.25) is 0 Å². The lowest BCUT2D eigenvalue weighted by Gasteiger charge is -2.30. The third kappa shape index (κ3) is 3.84. The minimum Gasteiger partial charge on any atom is -0.333 e. The number of aromatic nitrogens is 2. The van der Waals surface area contributed by atoms with Gasteiger partial charge in [-0.25, -0.2) is 18.1 Å². The summed E-state index contributed by atoms with van der Waals surface area (Å²) >= 11 is 0. The van der Waals surface area contributed by atoms with Crippen LogP contribution in [0.1, 0.15) is 52.0 Å². The minimum atomic E-state index is -3.56. The molecule has 6 nitrogen and oxygen atoms in total. The molecular weight excluding hydrogens is 288 g/mol. The number of hydrogen-bond acceptors (Lipinski definition) is 4. The Bertz CT molecular complexity index is 555. The van der Waals surface area contributed by atoms with E-state index in [1.807, 2.05) is 11.5 Å². The van der Waals surface area contributed by atoms with Crippen molar-refractivity contribution in [3.63, 3.8) is 0 Å². The van der Waals surface area contributed by atoms with Gasteiger partial charge in [-0.15, -0.1) is 0 Å². The van der Waals surface area contributed by atoms with E-state index in [1.165, 1.54) is 0 Å². The summed E-state index contributed by atoms with van der Waals surface area (Å²) in [6.07, 6.45) is 8.15. The van der Waals surface area contributed by atoms with Gasteiger partial charge in [-0.3, -0.25) is 0 Å². The maximum Gasteiger partial charge on any atom is 0.259 e. The number of nitrogens with zero attached hydrogens (tertiary/aromatic N) is 2. The van der Waals surface area contributed by atoms with Crippen molar-refractivity contribution in [1.82, 2.24) is 14.3 Å². The molecule has 7 heteroatoms. The van der Waals surface area contributed by atoms with Gasteiger partial charge >= 0.3 is 0 Å². The van der Waals surface area contributed by atoms with E-state index in [1.54, 1.807) is 12.5 Å². The van der Waals surface area contributed by atoms with Gasteiger partial charge in [0, 0.05) is 18.3 Å². The molecule has 0 aliphatic heterocycles. The fraction of sp³-hybridized carbons (Fsp3) is 0.786. The predicted octanol–water partition coefficient (Wildman–Crippen LogP) is 1.65. The Morgan fingerprint density at radius 3 is 2.86 bits per heavy atom. The lowest BCUT2D eigenvalue weighted by atomic mass is 9.85. The summed E-state index contributed by atoms with van der Waals surface area (Å²) in [5.41, 5.74) is 5.76. The molecule has 3 N–H and O–H groups in total. The van der Waals surface area contributed by atoms with Crippen molar-refractivity contribution in [2.24, 2.45) is 11.7 Å². The fourth-order valence-electron chi connectivity index (χ4n) is 2.81. The summed E-state index contributed by atoms with van der Waals surface area (Å²) in [4.78, 5) is 4.05. The van der Waals surface area contributed by atoms with Crippen LogP contribution >= 0.6 is 0 Å². The zero-order chi connectivity index (χ0) is 15.5. The molecule has 0 bridgehead atoms. The van der Waals surface area contributed by atoms with Gasteiger partial charge in [-0.2, -0.15) is 0 Å². The van der Waals surface area contributed by atoms with E-state index in [4.69, 9.17) is 5.73 Å². The molecule has 1 aromatic heterocycles. The van der Waals surface area contributed by atoms with Gasteiger partial charge < -0.3 is 10.3 Å². The molecule has 120 valence electrons. The maximum atomic E-state index is 12.5. The van der Waals surface area contributed by atoms with Gasteiger partial charge in [-0.05, 0) is 38.6 Å². The highest BCUT2D eigenvalue weighted by Gasteiger charge is 2.29. The first-order valence-corrected chi connectivity index (χ1v) is 9.22. The first kappa shape index (κ1) is 16.5. The Morgan fingerprint density at radius 1 is 1.48 bits per heavy atom. The van der Waals surface area contributed by atoms with Gasteiger partial charge in [0.15, 0.2) is 5.03 Å². The van der Waals surface area contributed by atoms with Crippen molar-refractivity contribution in [1.29, 1.82) is 0 Å². The van der Waals surface area contributed by atoms with Crippen LogP contribution in [-0.4, -0.2) is 30.6 Å². The molecule has 1 fully saturated rings. The molecule has 1 heterocycles. The van der Waals surface area contributed by atoms with E-state index in [2.05, 4.69) is 16.6 Å². The molecule has 0 unspecified atom stereocenters. The van der Waals surface area contributed by atoms with Crippen LogP contribution in [0, 0.1) is 5.92 Å². The standard InChI is InChI=1S/C14H26N4O2S/c1-3-11(2)18-9-14(16-10-18)21(19,20)17-13-7-5-4-6-12(13)8-15/h9-13,17H,3-8,15H2,1-2H3/t11-,12+,13+/m0/s1. The van der Waals surface area contributed by atoms with Crippen LogP contribution in [0.15, 0.2) is 17.6 Å². The summed E-state index contributed by atoms with van der Waals surface area (Å²) in [5, 5.41) is 0.101. The zero-order valence-corrected chi connectivity index (χ0v) is 13.6. The highest BCUT2D eigenvalue weighted by atomic mass is 32.2. The van der Waals surface area contributed by atoms with Gasteiger partial charge in [0.05, 0.1) is 6.33 Å². The smallest absolute Gasteiger partial charge is 0.259 e. The first-order valence-electron chi connectivity index (χ1n) is 7.73. The Kier molecular flexibility index (Phi) is 5.40. The molecule has 0 amide bonds. The van der Waals surface area contributed by atoms with E-state index >= 15 is 0 Å². The lowest BCUT2D eigenvalue weighted by Crippen LogP contribution is -2.44. The number of hydrogen-bond donors (Lipinski definition) is 2. The summed E-state index contributed by atoms with van der Waals surface area (Å²) < 4.78 is 29.6. The van der Waals surface area contributed by atoms with Crippen molar-refractivity contribution in [3.8, 4) is 0 Å². The first-order chi connectivity index (χ1) is 9.97. The summed E-state index contributed by atoms with van der Waals surface area (Å²) in [6.45, 7) is 4.62. The van der Waals surface area contributed by atoms with Crippen LogP contribution in [0.3, 0.4) is 0 Å².